The maximum absolute atomic E-state index is 12.5. The topological polar surface area (TPSA) is 58.6 Å². The number of hydrogen-bond donors (Lipinski definition) is 1. The molecule has 5 nitrogen and oxygen atoms in total. The first kappa shape index (κ1) is 20.5. The molecule has 0 fully saturated rings. The molecule has 0 aliphatic heterocycles. The van der Waals surface area contributed by atoms with Crippen molar-refractivity contribution in [2.24, 2.45) is 0 Å². The van der Waals surface area contributed by atoms with Crippen molar-refractivity contribution in [2.45, 2.75) is 33.0 Å². The number of hydrogen-bond acceptors (Lipinski definition) is 4. The number of amides is 1. The molecule has 0 spiro atoms. The molecule has 0 aliphatic carbocycles. The highest BCUT2D eigenvalue weighted by molar-refractivity contribution is 5.98. The number of likely N-dealkylation sites (N-methyl/N-ethyl adjacent to an activating group) is 1. The van der Waals surface area contributed by atoms with Crippen molar-refractivity contribution < 1.29 is 23.1 Å². The Morgan fingerprint density at radius 1 is 1.15 bits per heavy atom. The number of rotatable bonds is 8. The summed E-state index contributed by atoms with van der Waals surface area (Å²) in [7, 11) is 1.79. The number of carbonyl (C=O) groups excluding carboxylic acids is 2. The molecule has 0 aromatic heterocycles. The van der Waals surface area contributed by atoms with Crippen LogP contribution in [0.2, 0.25) is 0 Å². The average Bonchev–Trinajstić information content (AvgIpc) is 2.62. The molecule has 2 rings (SSSR count). The van der Waals surface area contributed by atoms with Crippen LogP contribution in [0, 0.1) is 0 Å². The van der Waals surface area contributed by atoms with Crippen LogP contribution < -0.4 is 10.1 Å². The minimum Gasteiger partial charge on any atom is -0.435 e. The van der Waals surface area contributed by atoms with Crippen LogP contribution in [0.4, 0.5) is 14.5 Å². The number of nitrogens with zero attached hydrogens (tertiary/aromatic N) is 1. The highest BCUT2D eigenvalue weighted by atomic mass is 19.3. The van der Waals surface area contributed by atoms with Crippen LogP contribution in [0.1, 0.15) is 29.8 Å². The van der Waals surface area contributed by atoms with Crippen LogP contribution in [0.15, 0.2) is 48.5 Å². The van der Waals surface area contributed by atoms with Crippen LogP contribution in [0.5, 0.6) is 5.75 Å². The lowest BCUT2D eigenvalue weighted by Gasteiger charge is -2.24. The number of benzene rings is 2. The van der Waals surface area contributed by atoms with Crippen LogP contribution >= 0.6 is 0 Å². The molecule has 0 aliphatic rings. The number of ether oxygens (including phenoxy) is 1. The highest BCUT2D eigenvalue weighted by Crippen LogP contribution is 2.17. The Morgan fingerprint density at radius 3 is 2.41 bits per heavy atom. The molecule has 0 saturated heterocycles. The normalized spacial score (nSPS) is 12.1. The number of alkyl halides is 2. The third kappa shape index (κ3) is 6.14. The number of Topliss-reactive ketones (excluding diaryl/α,β-unsaturated/α-hetero) is 1. The van der Waals surface area contributed by atoms with Crippen molar-refractivity contribution in [2.75, 3.05) is 12.4 Å². The predicted octanol–water partition coefficient (Wildman–Crippen LogP) is 3.95. The zero-order chi connectivity index (χ0) is 20.0. The van der Waals surface area contributed by atoms with Gasteiger partial charge in [0.1, 0.15) is 5.75 Å². The van der Waals surface area contributed by atoms with E-state index in [-0.39, 0.29) is 17.4 Å². The maximum Gasteiger partial charge on any atom is 0.387 e. The highest BCUT2D eigenvalue weighted by Gasteiger charge is 2.18. The fourth-order valence-electron chi connectivity index (χ4n) is 2.46. The van der Waals surface area contributed by atoms with Gasteiger partial charge in [-0.25, -0.2) is 0 Å². The third-order valence-corrected chi connectivity index (χ3v) is 4.16. The number of ketones is 1. The summed E-state index contributed by atoms with van der Waals surface area (Å²) in [5.41, 5.74) is 1.94. The van der Waals surface area contributed by atoms with Gasteiger partial charge in [-0.15, -0.1) is 0 Å². The Kier molecular flexibility index (Phi) is 7.01. The Hall–Kier alpha value is -2.80. The van der Waals surface area contributed by atoms with Gasteiger partial charge in [-0.1, -0.05) is 24.3 Å². The van der Waals surface area contributed by atoms with E-state index in [1.54, 1.807) is 50.4 Å². The van der Waals surface area contributed by atoms with Crippen LogP contribution in [-0.4, -0.2) is 36.3 Å². The van der Waals surface area contributed by atoms with Gasteiger partial charge in [0, 0.05) is 17.8 Å². The van der Waals surface area contributed by atoms with E-state index in [1.807, 2.05) is 4.90 Å². The van der Waals surface area contributed by atoms with Gasteiger partial charge in [-0.05, 0) is 50.7 Å². The molecular formula is C20H22F2N2O3. The van der Waals surface area contributed by atoms with E-state index in [4.69, 9.17) is 0 Å². The van der Waals surface area contributed by atoms with Crippen molar-refractivity contribution >= 4 is 17.4 Å². The maximum atomic E-state index is 12.5. The predicted molar refractivity (Wildman–Crippen MR) is 99.1 cm³/mol. The largest absolute Gasteiger partial charge is 0.435 e. The van der Waals surface area contributed by atoms with Gasteiger partial charge >= 0.3 is 6.61 Å². The second-order valence-electron chi connectivity index (χ2n) is 6.24. The van der Waals surface area contributed by atoms with Crippen molar-refractivity contribution in [3.63, 3.8) is 0 Å². The first-order valence-corrected chi connectivity index (χ1v) is 8.42. The third-order valence-electron chi connectivity index (χ3n) is 4.16. The fourth-order valence-corrected chi connectivity index (χ4v) is 2.46. The zero-order valence-corrected chi connectivity index (χ0v) is 15.4. The second kappa shape index (κ2) is 9.23. The van der Waals surface area contributed by atoms with Crippen molar-refractivity contribution in [3.8, 4) is 5.75 Å². The van der Waals surface area contributed by atoms with E-state index in [0.717, 1.165) is 5.56 Å². The molecule has 1 atom stereocenters. The lowest BCUT2D eigenvalue weighted by atomic mass is 10.1. The van der Waals surface area contributed by atoms with Gasteiger partial charge < -0.3 is 10.1 Å². The lowest BCUT2D eigenvalue weighted by Crippen LogP contribution is -2.39. The average molecular weight is 376 g/mol. The number of anilines is 1. The van der Waals surface area contributed by atoms with E-state index >= 15 is 0 Å². The summed E-state index contributed by atoms with van der Waals surface area (Å²) in [6.45, 7) is 0.827. The van der Waals surface area contributed by atoms with E-state index in [9.17, 15) is 18.4 Å². The number of carbonyl (C=O) groups is 2. The van der Waals surface area contributed by atoms with Gasteiger partial charge in [0.15, 0.2) is 5.78 Å². The molecular weight excluding hydrogens is 354 g/mol. The van der Waals surface area contributed by atoms with Gasteiger partial charge in [-0.2, -0.15) is 8.78 Å². The molecule has 2 aromatic carbocycles. The molecule has 0 heterocycles. The molecule has 0 radical (unpaired) electrons. The van der Waals surface area contributed by atoms with Gasteiger partial charge in [-0.3, -0.25) is 14.5 Å². The summed E-state index contributed by atoms with van der Waals surface area (Å²) in [5, 5.41) is 2.80. The van der Waals surface area contributed by atoms with Crippen LogP contribution in [0.25, 0.3) is 0 Å². The molecule has 2 aromatic rings. The summed E-state index contributed by atoms with van der Waals surface area (Å²) < 4.78 is 28.7. The smallest absolute Gasteiger partial charge is 0.387 e. The minimum absolute atomic E-state index is 0.0736. The number of nitrogens with one attached hydrogen (secondary N) is 1. The second-order valence-corrected chi connectivity index (χ2v) is 6.24. The van der Waals surface area contributed by atoms with Crippen LogP contribution in [-0.2, 0) is 11.3 Å². The molecule has 1 amide bonds. The van der Waals surface area contributed by atoms with E-state index < -0.39 is 12.7 Å². The summed E-state index contributed by atoms with van der Waals surface area (Å²) >= 11 is 0. The summed E-state index contributed by atoms with van der Waals surface area (Å²) in [6.07, 6.45) is 0. The lowest BCUT2D eigenvalue weighted by molar-refractivity contribution is -0.120. The minimum atomic E-state index is -2.86. The van der Waals surface area contributed by atoms with Gasteiger partial charge in [0.05, 0.1) is 6.04 Å². The summed E-state index contributed by atoms with van der Waals surface area (Å²) in [4.78, 5) is 25.7. The van der Waals surface area contributed by atoms with E-state index in [1.165, 1.54) is 19.1 Å². The molecule has 1 N–H and O–H groups in total. The Balaban J connectivity index is 1.95. The Bertz CT molecular complexity index is 794. The molecule has 0 unspecified atom stereocenters. The van der Waals surface area contributed by atoms with Crippen LogP contribution in [0.3, 0.4) is 0 Å². The first-order valence-electron chi connectivity index (χ1n) is 8.42. The zero-order valence-electron chi connectivity index (χ0n) is 15.4. The molecule has 7 heteroatoms. The summed E-state index contributed by atoms with van der Waals surface area (Å²) in [5.74, 6) is -0.195. The van der Waals surface area contributed by atoms with Crippen molar-refractivity contribution in [1.29, 1.82) is 0 Å². The Morgan fingerprint density at radius 2 is 1.81 bits per heavy atom. The number of halogens is 2. The quantitative estimate of drug-likeness (QED) is 0.709. The fraction of sp³-hybridized carbons (Fsp3) is 0.300. The van der Waals surface area contributed by atoms with Gasteiger partial charge in [0.25, 0.3) is 0 Å². The summed E-state index contributed by atoms with van der Waals surface area (Å²) in [6, 6.07) is 12.6. The Labute approximate surface area is 156 Å². The molecule has 0 bridgehead atoms. The van der Waals surface area contributed by atoms with E-state index in [2.05, 4.69) is 10.1 Å². The first-order chi connectivity index (χ1) is 12.8. The monoisotopic (exact) mass is 376 g/mol. The van der Waals surface area contributed by atoms with Gasteiger partial charge in [0.2, 0.25) is 5.91 Å². The van der Waals surface area contributed by atoms with Crippen molar-refractivity contribution in [3.05, 3.63) is 59.7 Å². The molecule has 27 heavy (non-hydrogen) atoms. The molecule has 0 saturated carbocycles. The SMILES string of the molecule is CC(=O)c1cccc(NC(=O)[C@H](C)N(C)Cc2ccc(OC(F)F)cc2)c1. The standard InChI is InChI=1S/C20H22F2N2O3/c1-13(19(26)23-17-6-4-5-16(11-17)14(2)25)24(3)12-15-7-9-18(10-8-15)27-20(21)22/h4-11,13,20H,12H2,1-3H3,(H,23,26)/t13-/m0/s1. The van der Waals surface area contributed by atoms with Crippen molar-refractivity contribution in [1.82, 2.24) is 4.90 Å². The van der Waals surface area contributed by atoms with E-state index in [0.29, 0.717) is 17.8 Å². The molecule has 144 valence electrons.